The second-order valence-electron chi connectivity index (χ2n) is 6.06. The molecule has 0 fully saturated rings. The highest BCUT2D eigenvalue weighted by atomic mass is 16.3. The molecule has 0 aliphatic carbocycles. The molecule has 0 aliphatic heterocycles. The molecule has 116 valence electrons. The number of nitrogens with zero attached hydrogens (tertiary/aromatic N) is 1. The maximum atomic E-state index is 9.86. The fraction of sp³-hybridized carbons (Fsp3) is 0.368. The number of aliphatic hydroxyl groups excluding tert-OH is 2. The summed E-state index contributed by atoms with van der Waals surface area (Å²) in [5.74, 6) is 0. The van der Waals surface area contributed by atoms with Crippen LogP contribution in [0.25, 0.3) is 21.8 Å². The van der Waals surface area contributed by atoms with Crippen LogP contribution in [0.3, 0.4) is 0 Å². The molecule has 3 heteroatoms. The van der Waals surface area contributed by atoms with Crippen LogP contribution in [0.4, 0.5) is 0 Å². The quantitative estimate of drug-likeness (QED) is 0.753. The zero-order valence-electron chi connectivity index (χ0n) is 13.4. The molecule has 2 atom stereocenters. The molecule has 0 saturated carbocycles. The van der Waals surface area contributed by atoms with Gasteiger partial charge in [-0.2, -0.15) is 0 Å². The van der Waals surface area contributed by atoms with E-state index in [-0.39, 0.29) is 0 Å². The monoisotopic (exact) mass is 297 g/mol. The Morgan fingerprint density at radius 1 is 0.864 bits per heavy atom. The Morgan fingerprint density at radius 2 is 1.32 bits per heavy atom. The molecule has 0 amide bonds. The van der Waals surface area contributed by atoms with Crippen LogP contribution in [0.2, 0.25) is 0 Å². The predicted molar refractivity (Wildman–Crippen MR) is 91.0 cm³/mol. The van der Waals surface area contributed by atoms with Gasteiger partial charge < -0.3 is 14.8 Å². The van der Waals surface area contributed by atoms with Gasteiger partial charge in [0.1, 0.15) is 0 Å². The highest BCUT2D eigenvalue weighted by Gasteiger charge is 2.13. The van der Waals surface area contributed by atoms with Crippen molar-refractivity contribution in [3.05, 3.63) is 47.5 Å². The Labute approximate surface area is 130 Å². The van der Waals surface area contributed by atoms with Crippen LogP contribution in [-0.4, -0.2) is 14.8 Å². The maximum absolute atomic E-state index is 9.86. The van der Waals surface area contributed by atoms with Crippen molar-refractivity contribution in [2.75, 3.05) is 0 Å². The van der Waals surface area contributed by atoms with Crippen LogP contribution >= 0.6 is 0 Å². The van der Waals surface area contributed by atoms with Crippen molar-refractivity contribution in [3.8, 4) is 0 Å². The molecule has 0 aliphatic rings. The summed E-state index contributed by atoms with van der Waals surface area (Å²) in [5, 5.41) is 22.0. The van der Waals surface area contributed by atoms with Gasteiger partial charge in [-0.25, -0.2) is 0 Å². The molecule has 0 radical (unpaired) electrons. The number of hydrogen-bond donors (Lipinski definition) is 2. The highest BCUT2D eigenvalue weighted by molar-refractivity contribution is 6.08. The van der Waals surface area contributed by atoms with Crippen molar-refractivity contribution in [1.82, 2.24) is 4.57 Å². The zero-order chi connectivity index (χ0) is 15.9. The van der Waals surface area contributed by atoms with Gasteiger partial charge >= 0.3 is 0 Å². The number of fused-ring (bicyclic) bond motifs is 3. The lowest BCUT2D eigenvalue weighted by atomic mass is 10.0. The smallest absolute Gasteiger partial charge is 0.0762 e. The Balaban J connectivity index is 2.36. The van der Waals surface area contributed by atoms with Gasteiger partial charge in [0.2, 0.25) is 0 Å². The van der Waals surface area contributed by atoms with Gasteiger partial charge in [0.15, 0.2) is 0 Å². The van der Waals surface area contributed by atoms with Gasteiger partial charge in [-0.15, -0.1) is 0 Å². The van der Waals surface area contributed by atoms with Gasteiger partial charge in [0.05, 0.1) is 12.2 Å². The van der Waals surface area contributed by atoms with Crippen LogP contribution in [0.1, 0.15) is 50.5 Å². The van der Waals surface area contributed by atoms with Crippen LogP contribution in [0, 0.1) is 0 Å². The first kappa shape index (κ1) is 15.1. The van der Waals surface area contributed by atoms with Crippen molar-refractivity contribution in [2.24, 2.45) is 0 Å². The lowest BCUT2D eigenvalue weighted by molar-refractivity contribution is 0.199. The van der Waals surface area contributed by atoms with E-state index in [0.29, 0.717) is 0 Å². The van der Waals surface area contributed by atoms with E-state index in [0.717, 1.165) is 34.9 Å². The first-order valence-electron chi connectivity index (χ1n) is 7.95. The van der Waals surface area contributed by atoms with E-state index in [9.17, 15) is 10.2 Å². The topological polar surface area (TPSA) is 45.4 Å². The lowest BCUT2D eigenvalue weighted by Crippen LogP contribution is -1.97. The number of aliphatic hydroxyl groups is 2. The summed E-state index contributed by atoms with van der Waals surface area (Å²) in [5.41, 5.74) is 4.21. The standard InChI is InChI=1S/C19H23NO2/c1-4-9-20-18-7-5-14(12(2)21)10-16(18)17-11-15(13(3)22)6-8-19(17)20/h5-8,10-13,21-22H,4,9H2,1-3H3/t12-,13-/m0/s1. The average molecular weight is 297 g/mol. The molecule has 1 heterocycles. The molecule has 22 heavy (non-hydrogen) atoms. The summed E-state index contributed by atoms with van der Waals surface area (Å²) < 4.78 is 2.32. The van der Waals surface area contributed by atoms with Gasteiger partial charge in [0.25, 0.3) is 0 Å². The number of aromatic nitrogens is 1. The molecule has 0 bridgehead atoms. The number of rotatable bonds is 4. The maximum Gasteiger partial charge on any atom is 0.0762 e. The molecule has 2 N–H and O–H groups in total. The molecule has 3 rings (SSSR count). The summed E-state index contributed by atoms with van der Waals surface area (Å²) in [6.45, 7) is 6.70. The van der Waals surface area contributed by atoms with E-state index in [4.69, 9.17) is 0 Å². The third kappa shape index (κ3) is 2.40. The van der Waals surface area contributed by atoms with Crippen LogP contribution in [0.15, 0.2) is 36.4 Å². The third-order valence-electron chi connectivity index (χ3n) is 4.33. The van der Waals surface area contributed by atoms with Crippen LogP contribution in [-0.2, 0) is 6.54 Å². The molecule has 3 aromatic rings. The van der Waals surface area contributed by atoms with Gasteiger partial charge in [0, 0.05) is 28.4 Å². The molecule has 2 aromatic carbocycles. The molecular weight excluding hydrogens is 274 g/mol. The Kier molecular flexibility index (Phi) is 3.94. The molecule has 3 nitrogen and oxygen atoms in total. The first-order chi connectivity index (χ1) is 10.5. The Hall–Kier alpha value is -1.84. The van der Waals surface area contributed by atoms with Gasteiger partial charge in [-0.1, -0.05) is 19.1 Å². The minimum Gasteiger partial charge on any atom is -0.389 e. The van der Waals surface area contributed by atoms with Crippen molar-refractivity contribution in [1.29, 1.82) is 0 Å². The van der Waals surface area contributed by atoms with E-state index in [1.807, 2.05) is 12.1 Å². The van der Waals surface area contributed by atoms with Crippen molar-refractivity contribution >= 4 is 21.8 Å². The van der Waals surface area contributed by atoms with Crippen LogP contribution < -0.4 is 0 Å². The van der Waals surface area contributed by atoms with Gasteiger partial charge in [-0.05, 0) is 55.7 Å². The van der Waals surface area contributed by atoms with E-state index >= 15 is 0 Å². The summed E-state index contributed by atoms with van der Waals surface area (Å²) in [7, 11) is 0. The SMILES string of the molecule is CCCn1c2ccc([C@H](C)O)cc2c2cc([C@H](C)O)ccc21. The molecular formula is C19H23NO2. The van der Waals surface area contributed by atoms with E-state index in [2.05, 4.69) is 35.8 Å². The first-order valence-corrected chi connectivity index (χ1v) is 7.95. The van der Waals surface area contributed by atoms with Gasteiger partial charge in [-0.3, -0.25) is 0 Å². The van der Waals surface area contributed by atoms with Crippen molar-refractivity contribution in [2.45, 2.75) is 45.9 Å². The minimum atomic E-state index is -0.478. The van der Waals surface area contributed by atoms with E-state index in [1.165, 1.54) is 11.0 Å². The second kappa shape index (κ2) is 5.75. The van der Waals surface area contributed by atoms with Crippen LogP contribution in [0.5, 0.6) is 0 Å². The largest absolute Gasteiger partial charge is 0.389 e. The molecule has 0 spiro atoms. The summed E-state index contributed by atoms with van der Waals surface area (Å²) >= 11 is 0. The summed E-state index contributed by atoms with van der Waals surface area (Å²) in [6.07, 6.45) is 0.109. The van der Waals surface area contributed by atoms with E-state index in [1.54, 1.807) is 13.8 Å². The van der Waals surface area contributed by atoms with Crippen molar-refractivity contribution in [3.63, 3.8) is 0 Å². The lowest BCUT2D eigenvalue weighted by Gasteiger charge is -2.07. The Bertz CT molecular complexity index is 750. The molecule has 0 unspecified atom stereocenters. The summed E-state index contributed by atoms with van der Waals surface area (Å²) in [4.78, 5) is 0. The zero-order valence-corrected chi connectivity index (χ0v) is 13.4. The van der Waals surface area contributed by atoms with Crippen molar-refractivity contribution < 1.29 is 10.2 Å². The fourth-order valence-corrected chi connectivity index (χ4v) is 3.12. The third-order valence-corrected chi connectivity index (χ3v) is 4.33. The summed E-state index contributed by atoms with van der Waals surface area (Å²) in [6, 6.07) is 12.3. The highest BCUT2D eigenvalue weighted by Crippen LogP contribution is 2.33. The molecule has 0 saturated heterocycles. The molecule has 1 aromatic heterocycles. The van der Waals surface area contributed by atoms with E-state index < -0.39 is 12.2 Å². The average Bonchev–Trinajstić information content (AvgIpc) is 2.81. The number of benzene rings is 2. The second-order valence-corrected chi connectivity index (χ2v) is 6.06. The fourth-order valence-electron chi connectivity index (χ4n) is 3.12. The minimum absolute atomic E-state index is 0.478. The Morgan fingerprint density at radius 3 is 1.68 bits per heavy atom. The number of aryl methyl sites for hydroxylation is 1. The predicted octanol–water partition coefficient (Wildman–Crippen LogP) is 4.31. The normalized spacial score (nSPS) is 14.6. The number of hydrogen-bond acceptors (Lipinski definition) is 2.